The molecule has 20 heavy (non-hydrogen) atoms. The van der Waals surface area contributed by atoms with Crippen LogP contribution in [-0.2, 0) is 6.61 Å². The van der Waals surface area contributed by atoms with E-state index in [1.807, 2.05) is 37.3 Å². The first-order valence-electron chi connectivity index (χ1n) is 6.63. The van der Waals surface area contributed by atoms with Crippen LogP contribution in [0.25, 0.3) is 5.57 Å². The molecule has 0 aliphatic heterocycles. The lowest BCUT2D eigenvalue weighted by molar-refractivity contribution is 0.302. The highest BCUT2D eigenvalue weighted by atomic mass is 16.5. The highest BCUT2D eigenvalue weighted by Gasteiger charge is 2.11. The van der Waals surface area contributed by atoms with Gasteiger partial charge in [0.05, 0.1) is 12.7 Å². The summed E-state index contributed by atoms with van der Waals surface area (Å²) in [7, 11) is 1.66. The molecule has 0 N–H and O–H groups in total. The molecule has 2 rings (SSSR count). The van der Waals surface area contributed by atoms with Crippen molar-refractivity contribution >= 4 is 5.57 Å². The standard InChI is InChI=1S/C18H20O2/c1-13(2)18-16(19-4)10-7-11-17(18)20-12-15-9-6-5-8-14(15)3/h5-11H,1,12H2,2-4H3. The van der Waals surface area contributed by atoms with Crippen molar-refractivity contribution in [1.82, 2.24) is 0 Å². The molecule has 2 heteroatoms. The number of hydrogen-bond acceptors (Lipinski definition) is 2. The number of hydrogen-bond donors (Lipinski definition) is 0. The number of ether oxygens (including phenoxy) is 2. The van der Waals surface area contributed by atoms with Gasteiger partial charge in [0.2, 0.25) is 0 Å². The van der Waals surface area contributed by atoms with Gasteiger partial charge < -0.3 is 9.47 Å². The highest BCUT2D eigenvalue weighted by Crippen LogP contribution is 2.34. The van der Waals surface area contributed by atoms with Crippen molar-refractivity contribution in [1.29, 1.82) is 0 Å². The molecule has 0 heterocycles. The molecule has 0 saturated heterocycles. The van der Waals surface area contributed by atoms with Crippen molar-refractivity contribution < 1.29 is 9.47 Å². The molecule has 0 aliphatic carbocycles. The van der Waals surface area contributed by atoms with E-state index >= 15 is 0 Å². The van der Waals surface area contributed by atoms with E-state index in [1.165, 1.54) is 11.1 Å². The lowest BCUT2D eigenvalue weighted by Crippen LogP contribution is -2.01. The molecule has 0 fully saturated rings. The summed E-state index contributed by atoms with van der Waals surface area (Å²) < 4.78 is 11.3. The zero-order chi connectivity index (χ0) is 14.5. The molecule has 104 valence electrons. The molecular weight excluding hydrogens is 248 g/mol. The topological polar surface area (TPSA) is 18.5 Å². The fraction of sp³-hybridized carbons (Fsp3) is 0.222. The summed E-state index contributed by atoms with van der Waals surface area (Å²) in [5, 5.41) is 0. The average molecular weight is 268 g/mol. The Morgan fingerprint density at radius 2 is 1.75 bits per heavy atom. The predicted molar refractivity (Wildman–Crippen MR) is 83.2 cm³/mol. The normalized spacial score (nSPS) is 10.2. The lowest BCUT2D eigenvalue weighted by Gasteiger charge is -2.15. The highest BCUT2D eigenvalue weighted by molar-refractivity contribution is 5.72. The van der Waals surface area contributed by atoms with Crippen molar-refractivity contribution in [2.24, 2.45) is 0 Å². The van der Waals surface area contributed by atoms with Crippen LogP contribution in [0.5, 0.6) is 11.5 Å². The van der Waals surface area contributed by atoms with Gasteiger partial charge in [0.25, 0.3) is 0 Å². The van der Waals surface area contributed by atoms with Gasteiger partial charge in [-0.15, -0.1) is 0 Å². The van der Waals surface area contributed by atoms with Crippen LogP contribution in [0.15, 0.2) is 49.0 Å². The van der Waals surface area contributed by atoms with E-state index in [-0.39, 0.29) is 0 Å². The van der Waals surface area contributed by atoms with Crippen LogP contribution in [0.4, 0.5) is 0 Å². The van der Waals surface area contributed by atoms with E-state index in [1.54, 1.807) is 7.11 Å². The zero-order valence-corrected chi connectivity index (χ0v) is 12.3. The summed E-state index contributed by atoms with van der Waals surface area (Å²) in [5.41, 5.74) is 4.28. The van der Waals surface area contributed by atoms with Gasteiger partial charge in [-0.25, -0.2) is 0 Å². The average Bonchev–Trinajstić information content (AvgIpc) is 2.45. The molecule has 0 bridgehead atoms. The van der Waals surface area contributed by atoms with E-state index < -0.39 is 0 Å². The molecule has 2 nitrogen and oxygen atoms in total. The van der Waals surface area contributed by atoms with Crippen LogP contribution in [0.3, 0.4) is 0 Å². The Labute approximate surface area is 120 Å². The Morgan fingerprint density at radius 3 is 2.40 bits per heavy atom. The van der Waals surface area contributed by atoms with E-state index in [0.29, 0.717) is 6.61 Å². The molecule has 0 aromatic heterocycles. The molecular formula is C18H20O2. The van der Waals surface area contributed by atoms with E-state index in [2.05, 4.69) is 25.6 Å². The van der Waals surface area contributed by atoms with Crippen LogP contribution in [0.1, 0.15) is 23.6 Å². The van der Waals surface area contributed by atoms with Crippen LogP contribution >= 0.6 is 0 Å². The van der Waals surface area contributed by atoms with Gasteiger partial charge in [-0.3, -0.25) is 0 Å². The third kappa shape index (κ3) is 3.02. The predicted octanol–water partition coefficient (Wildman–Crippen LogP) is 4.62. The number of rotatable bonds is 5. The molecule has 2 aromatic carbocycles. The maximum absolute atomic E-state index is 5.97. The monoisotopic (exact) mass is 268 g/mol. The fourth-order valence-corrected chi connectivity index (χ4v) is 2.15. The second-order valence-electron chi connectivity index (χ2n) is 4.83. The summed E-state index contributed by atoms with van der Waals surface area (Å²) in [6.07, 6.45) is 0. The summed E-state index contributed by atoms with van der Waals surface area (Å²) >= 11 is 0. The maximum Gasteiger partial charge on any atom is 0.131 e. The number of benzene rings is 2. The van der Waals surface area contributed by atoms with Gasteiger partial charge >= 0.3 is 0 Å². The first-order chi connectivity index (χ1) is 9.63. The minimum Gasteiger partial charge on any atom is -0.496 e. The van der Waals surface area contributed by atoms with Crippen LogP contribution in [0.2, 0.25) is 0 Å². The van der Waals surface area contributed by atoms with E-state index in [0.717, 1.165) is 22.6 Å². The van der Waals surface area contributed by atoms with E-state index in [9.17, 15) is 0 Å². The minimum absolute atomic E-state index is 0.542. The summed E-state index contributed by atoms with van der Waals surface area (Å²) in [6.45, 7) is 8.59. The van der Waals surface area contributed by atoms with Crippen molar-refractivity contribution in [3.05, 3.63) is 65.7 Å². The first-order valence-corrected chi connectivity index (χ1v) is 6.63. The SMILES string of the molecule is C=C(C)c1c(OC)cccc1OCc1ccccc1C. The Hall–Kier alpha value is -2.22. The largest absolute Gasteiger partial charge is 0.496 e. The lowest BCUT2D eigenvalue weighted by atomic mass is 10.1. The van der Waals surface area contributed by atoms with Crippen molar-refractivity contribution in [2.45, 2.75) is 20.5 Å². The molecule has 0 radical (unpaired) electrons. The van der Waals surface area contributed by atoms with Gasteiger partial charge in [0, 0.05) is 0 Å². The second kappa shape index (κ2) is 6.29. The van der Waals surface area contributed by atoms with Crippen molar-refractivity contribution in [3.8, 4) is 11.5 Å². The summed E-state index contributed by atoms with van der Waals surface area (Å²) in [5.74, 6) is 1.60. The summed E-state index contributed by atoms with van der Waals surface area (Å²) in [4.78, 5) is 0. The first kappa shape index (κ1) is 14.2. The molecule has 0 unspecified atom stereocenters. The minimum atomic E-state index is 0.542. The Bertz CT molecular complexity index is 615. The molecule has 2 aromatic rings. The van der Waals surface area contributed by atoms with Crippen LogP contribution in [-0.4, -0.2) is 7.11 Å². The Morgan fingerprint density at radius 1 is 1.05 bits per heavy atom. The van der Waals surface area contributed by atoms with Crippen LogP contribution < -0.4 is 9.47 Å². The van der Waals surface area contributed by atoms with Crippen LogP contribution in [0, 0.1) is 6.92 Å². The number of aryl methyl sites for hydroxylation is 1. The van der Waals surface area contributed by atoms with Gasteiger partial charge in [0.1, 0.15) is 18.1 Å². The fourth-order valence-electron chi connectivity index (χ4n) is 2.15. The Kier molecular flexibility index (Phi) is 4.46. The number of allylic oxidation sites excluding steroid dienone is 1. The Balaban J connectivity index is 2.26. The van der Waals surface area contributed by atoms with Crippen molar-refractivity contribution in [2.75, 3.05) is 7.11 Å². The van der Waals surface area contributed by atoms with Gasteiger partial charge in [-0.05, 0) is 42.7 Å². The molecule has 0 aliphatic rings. The van der Waals surface area contributed by atoms with E-state index in [4.69, 9.17) is 9.47 Å². The van der Waals surface area contributed by atoms with Gasteiger partial charge in [-0.2, -0.15) is 0 Å². The number of methoxy groups -OCH3 is 1. The molecule has 0 atom stereocenters. The van der Waals surface area contributed by atoms with Gasteiger partial charge in [0.15, 0.2) is 0 Å². The molecule has 0 spiro atoms. The van der Waals surface area contributed by atoms with Crippen molar-refractivity contribution in [3.63, 3.8) is 0 Å². The molecule has 0 saturated carbocycles. The van der Waals surface area contributed by atoms with Gasteiger partial charge in [-0.1, -0.05) is 36.9 Å². The molecule has 0 amide bonds. The smallest absolute Gasteiger partial charge is 0.131 e. The maximum atomic E-state index is 5.97. The quantitative estimate of drug-likeness (QED) is 0.788. The summed E-state index contributed by atoms with van der Waals surface area (Å²) in [6, 6.07) is 14.0. The third-order valence-electron chi connectivity index (χ3n) is 3.28. The zero-order valence-electron chi connectivity index (χ0n) is 12.3. The third-order valence-corrected chi connectivity index (χ3v) is 3.28. The second-order valence-corrected chi connectivity index (χ2v) is 4.83.